The van der Waals surface area contributed by atoms with Gasteiger partial charge in [0.2, 0.25) is 21.8 Å². The van der Waals surface area contributed by atoms with E-state index in [1.54, 1.807) is 21.9 Å². The molecule has 1 aromatic carbocycles. The summed E-state index contributed by atoms with van der Waals surface area (Å²) in [4.78, 5) is 28.7. The van der Waals surface area contributed by atoms with Gasteiger partial charge in [-0.05, 0) is 37.0 Å². The van der Waals surface area contributed by atoms with E-state index in [4.69, 9.17) is 0 Å². The fraction of sp³-hybridized carbons (Fsp3) is 0.636. The normalized spacial score (nSPS) is 21.5. The first-order valence-corrected chi connectivity index (χ1v) is 12.0. The molecule has 3 rings (SSSR count). The third-order valence-electron chi connectivity index (χ3n) is 6.04. The Balaban J connectivity index is 1.62. The van der Waals surface area contributed by atoms with Crippen molar-refractivity contribution >= 4 is 21.8 Å². The third-order valence-corrected chi connectivity index (χ3v) is 7.95. The van der Waals surface area contributed by atoms with Gasteiger partial charge in [0.25, 0.3) is 0 Å². The molecule has 8 heteroatoms. The molecule has 1 unspecified atom stereocenters. The molecule has 0 aromatic heterocycles. The minimum absolute atomic E-state index is 0.0169. The van der Waals surface area contributed by atoms with E-state index in [-0.39, 0.29) is 53.6 Å². The van der Waals surface area contributed by atoms with Crippen molar-refractivity contribution in [1.29, 1.82) is 0 Å². The molecule has 2 heterocycles. The first-order chi connectivity index (χ1) is 13.9. The summed E-state index contributed by atoms with van der Waals surface area (Å²) in [7, 11) is -3.59. The van der Waals surface area contributed by atoms with Crippen molar-refractivity contribution in [3.63, 3.8) is 0 Å². The van der Waals surface area contributed by atoms with Crippen molar-refractivity contribution in [2.24, 2.45) is 5.92 Å². The first kappa shape index (κ1) is 22.7. The van der Waals surface area contributed by atoms with Crippen LogP contribution in [0.25, 0.3) is 0 Å². The summed E-state index contributed by atoms with van der Waals surface area (Å²) in [6.07, 6.45) is 0.246. The maximum atomic E-state index is 13.0. The zero-order valence-electron chi connectivity index (χ0n) is 18.6. The highest BCUT2D eigenvalue weighted by molar-refractivity contribution is 7.89. The van der Waals surface area contributed by atoms with Gasteiger partial charge in [0.15, 0.2) is 0 Å². The van der Waals surface area contributed by atoms with Crippen LogP contribution in [0.15, 0.2) is 29.2 Å². The number of likely N-dealkylation sites (tertiary alicyclic amines) is 1. The molecule has 2 fully saturated rings. The first-order valence-electron chi connectivity index (χ1n) is 10.6. The summed E-state index contributed by atoms with van der Waals surface area (Å²) in [5.41, 5.74) is 1.04. The van der Waals surface area contributed by atoms with Gasteiger partial charge in [0.05, 0.1) is 10.8 Å². The third kappa shape index (κ3) is 4.54. The summed E-state index contributed by atoms with van der Waals surface area (Å²) in [5.74, 6) is -0.352. The van der Waals surface area contributed by atoms with Gasteiger partial charge in [-0.3, -0.25) is 9.59 Å². The highest BCUT2D eigenvalue weighted by Gasteiger charge is 2.39. The van der Waals surface area contributed by atoms with Crippen molar-refractivity contribution in [3.05, 3.63) is 29.8 Å². The Kier molecular flexibility index (Phi) is 6.30. The number of carbonyl (C=O) groups is 2. The second-order valence-corrected chi connectivity index (χ2v) is 11.5. The Hall–Kier alpha value is -1.93. The lowest BCUT2D eigenvalue weighted by atomic mass is 9.87. The van der Waals surface area contributed by atoms with E-state index < -0.39 is 10.0 Å². The van der Waals surface area contributed by atoms with Gasteiger partial charge < -0.3 is 9.80 Å². The minimum Gasteiger partial charge on any atom is -0.340 e. The van der Waals surface area contributed by atoms with Gasteiger partial charge in [-0.15, -0.1) is 0 Å². The lowest BCUT2D eigenvalue weighted by Gasteiger charge is -2.35. The predicted molar refractivity (Wildman–Crippen MR) is 115 cm³/mol. The van der Waals surface area contributed by atoms with Gasteiger partial charge in [-0.2, -0.15) is 4.31 Å². The van der Waals surface area contributed by atoms with Crippen LogP contribution >= 0.6 is 0 Å². The number of piperazine rings is 1. The van der Waals surface area contributed by atoms with Crippen LogP contribution in [0.1, 0.15) is 46.6 Å². The SMILES string of the molecule is CC(C)N1CC(C(=O)N2CCN(S(=O)(=O)c3ccc(C(C)(C)C)cc3)CC2)CC1=O. The number of hydrogen-bond donors (Lipinski definition) is 0. The molecule has 0 spiro atoms. The highest BCUT2D eigenvalue weighted by Crippen LogP contribution is 2.26. The molecule has 0 saturated carbocycles. The number of nitrogens with zero attached hydrogens (tertiary/aromatic N) is 3. The average molecular weight is 436 g/mol. The van der Waals surface area contributed by atoms with Crippen LogP contribution in [-0.2, 0) is 25.0 Å². The van der Waals surface area contributed by atoms with Gasteiger partial charge >= 0.3 is 0 Å². The Morgan fingerprint density at radius 1 is 1.03 bits per heavy atom. The zero-order valence-corrected chi connectivity index (χ0v) is 19.4. The van der Waals surface area contributed by atoms with Gasteiger partial charge in [0, 0.05) is 45.2 Å². The molecule has 0 N–H and O–H groups in total. The van der Waals surface area contributed by atoms with Crippen molar-refractivity contribution in [2.45, 2.75) is 57.4 Å². The number of sulfonamides is 1. The molecule has 2 aliphatic rings. The van der Waals surface area contributed by atoms with Crippen molar-refractivity contribution in [3.8, 4) is 0 Å². The second kappa shape index (κ2) is 8.30. The van der Waals surface area contributed by atoms with E-state index in [9.17, 15) is 18.0 Å². The van der Waals surface area contributed by atoms with Gasteiger partial charge in [-0.1, -0.05) is 32.9 Å². The summed E-state index contributed by atoms with van der Waals surface area (Å²) in [6, 6.07) is 7.15. The van der Waals surface area contributed by atoms with Crippen molar-refractivity contribution in [1.82, 2.24) is 14.1 Å². The van der Waals surface area contributed by atoms with Crippen LogP contribution in [-0.4, -0.2) is 73.1 Å². The minimum atomic E-state index is -3.59. The second-order valence-electron chi connectivity index (χ2n) is 9.54. The number of rotatable bonds is 4. The van der Waals surface area contributed by atoms with Crippen LogP contribution < -0.4 is 0 Å². The van der Waals surface area contributed by atoms with E-state index in [2.05, 4.69) is 20.8 Å². The molecule has 0 radical (unpaired) electrons. The van der Waals surface area contributed by atoms with Crippen molar-refractivity contribution < 1.29 is 18.0 Å². The maximum Gasteiger partial charge on any atom is 0.243 e. The smallest absolute Gasteiger partial charge is 0.243 e. The Bertz CT molecular complexity index is 895. The molecular formula is C22H33N3O4S. The van der Waals surface area contributed by atoms with Gasteiger partial charge in [0.1, 0.15) is 0 Å². The van der Waals surface area contributed by atoms with Crippen molar-refractivity contribution in [2.75, 3.05) is 32.7 Å². The van der Waals surface area contributed by atoms with Crippen LogP contribution in [0.5, 0.6) is 0 Å². The van der Waals surface area contributed by atoms with E-state index in [0.29, 0.717) is 19.6 Å². The summed E-state index contributed by atoms with van der Waals surface area (Å²) >= 11 is 0. The van der Waals surface area contributed by atoms with Crippen LogP contribution in [0.2, 0.25) is 0 Å². The molecule has 2 saturated heterocycles. The van der Waals surface area contributed by atoms with E-state index >= 15 is 0 Å². The molecule has 1 atom stereocenters. The molecule has 166 valence electrons. The monoisotopic (exact) mass is 435 g/mol. The zero-order chi connectivity index (χ0) is 22.3. The molecule has 30 heavy (non-hydrogen) atoms. The molecule has 2 aliphatic heterocycles. The Morgan fingerprint density at radius 3 is 2.07 bits per heavy atom. The standard InChI is InChI=1S/C22H33N3O4S/c1-16(2)25-15-17(14-20(25)26)21(27)23-10-12-24(13-11-23)30(28,29)19-8-6-18(7-9-19)22(3,4)5/h6-9,16-17H,10-15H2,1-5H3. The van der Waals surface area contributed by atoms with Gasteiger partial charge in [-0.25, -0.2) is 8.42 Å². The molecular weight excluding hydrogens is 402 g/mol. The van der Waals surface area contributed by atoms with E-state index in [1.165, 1.54) is 4.31 Å². The summed E-state index contributed by atoms with van der Waals surface area (Å²) in [5, 5.41) is 0. The van der Waals surface area contributed by atoms with E-state index in [1.807, 2.05) is 26.0 Å². The lowest BCUT2D eigenvalue weighted by Crippen LogP contribution is -2.52. The Labute approximate surface area is 180 Å². The quantitative estimate of drug-likeness (QED) is 0.725. The van der Waals surface area contributed by atoms with Crippen LogP contribution in [0.3, 0.4) is 0 Å². The fourth-order valence-electron chi connectivity index (χ4n) is 4.08. The predicted octanol–water partition coefficient (Wildman–Crippen LogP) is 2.07. The number of hydrogen-bond acceptors (Lipinski definition) is 4. The Morgan fingerprint density at radius 2 is 1.60 bits per heavy atom. The van der Waals surface area contributed by atoms with Crippen LogP contribution in [0.4, 0.5) is 0 Å². The summed E-state index contributed by atoms with van der Waals surface area (Å²) < 4.78 is 27.5. The molecule has 2 amide bonds. The fourth-order valence-corrected chi connectivity index (χ4v) is 5.50. The molecule has 0 aliphatic carbocycles. The van der Waals surface area contributed by atoms with E-state index in [0.717, 1.165) is 5.56 Å². The number of amides is 2. The molecule has 0 bridgehead atoms. The lowest BCUT2D eigenvalue weighted by molar-refractivity contribution is -0.137. The van der Waals surface area contributed by atoms with Crippen LogP contribution in [0, 0.1) is 5.92 Å². The largest absolute Gasteiger partial charge is 0.340 e. The maximum absolute atomic E-state index is 13.0. The highest BCUT2D eigenvalue weighted by atomic mass is 32.2. The topological polar surface area (TPSA) is 78.0 Å². The molecule has 7 nitrogen and oxygen atoms in total. The summed E-state index contributed by atoms with van der Waals surface area (Å²) in [6.45, 7) is 11.8. The average Bonchev–Trinajstić information content (AvgIpc) is 3.09. The number of benzene rings is 1. The number of carbonyl (C=O) groups excluding carboxylic acids is 2. The molecule has 1 aromatic rings.